The van der Waals surface area contributed by atoms with Gasteiger partial charge in [-0.3, -0.25) is 4.79 Å². The van der Waals surface area contributed by atoms with Gasteiger partial charge in [-0.15, -0.1) is 0 Å². The Morgan fingerprint density at radius 2 is 1.96 bits per heavy atom. The molecule has 0 radical (unpaired) electrons. The second-order valence-corrected chi connectivity index (χ2v) is 10.9. The van der Waals surface area contributed by atoms with Gasteiger partial charge in [-0.1, -0.05) is 35.9 Å². The normalized spacial score (nSPS) is 46.1. The monoisotopic (exact) mass is 436 g/mol. The van der Waals surface area contributed by atoms with Crippen molar-refractivity contribution in [1.29, 1.82) is 0 Å². The first-order chi connectivity index (χ1) is 12.9. The number of amides is 1. The molecule has 1 amide bonds. The van der Waals surface area contributed by atoms with E-state index in [9.17, 15) is 4.79 Å². The molecule has 0 aromatic rings. The molecule has 152 valence electrons. The van der Waals surface area contributed by atoms with E-state index < -0.39 is 0 Å². The third kappa shape index (κ3) is 3.13. The first kappa shape index (κ1) is 19.9. The molecule has 27 heavy (non-hydrogen) atoms. The molecule has 4 rings (SSSR count). The minimum absolute atomic E-state index is 0.175. The van der Waals surface area contributed by atoms with Gasteiger partial charge in [0.25, 0.3) is 0 Å². The lowest BCUT2D eigenvalue weighted by atomic mass is 9.48. The summed E-state index contributed by atoms with van der Waals surface area (Å²) in [5, 5.41) is 5.06. The molecule has 1 heterocycles. The Labute approximate surface area is 173 Å². The van der Waals surface area contributed by atoms with Crippen LogP contribution in [0.3, 0.4) is 0 Å². The number of hydrogen-bond acceptors (Lipinski definition) is 2. The van der Waals surface area contributed by atoms with E-state index in [0.717, 1.165) is 23.1 Å². The molecular formula is C23H37BrN2O. The third-order valence-electron chi connectivity index (χ3n) is 9.08. The Hall–Kier alpha value is -0.350. The van der Waals surface area contributed by atoms with Crippen LogP contribution in [0.25, 0.3) is 0 Å². The van der Waals surface area contributed by atoms with Crippen LogP contribution in [0.15, 0.2) is 12.2 Å². The van der Waals surface area contributed by atoms with Crippen LogP contribution >= 0.6 is 15.9 Å². The Morgan fingerprint density at radius 3 is 2.74 bits per heavy atom. The summed E-state index contributed by atoms with van der Waals surface area (Å²) in [7, 11) is 2.02. The maximum absolute atomic E-state index is 12.2. The van der Waals surface area contributed by atoms with Gasteiger partial charge in [0, 0.05) is 29.9 Å². The first-order valence-corrected chi connectivity index (χ1v) is 12.3. The molecule has 7 atom stereocenters. The van der Waals surface area contributed by atoms with Crippen LogP contribution in [0.1, 0.15) is 65.2 Å². The predicted molar refractivity (Wildman–Crippen MR) is 115 cm³/mol. The highest BCUT2D eigenvalue weighted by molar-refractivity contribution is 9.09. The quantitative estimate of drug-likeness (QED) is 0.497. The highest BCUT2D eigenvalue weighted by Crippen LogP contribution is 2.63. The summed E-state index contributed by atoms with van der Waals surface area (Å²) in [5.74, 6) is 2.64. The number of rotatable bonds is 5. The van der Waals surface area contributed by atoms with Gasteiger partial charge in [-0.2, -0.15) is 0 Å². The van der Waals surface area contributed by atoms with Crippen molar-refractivity contribution in [1.82, 2.24) is 10.2 Å². The minimum Gasteiger partial charge on any atom is -0.338 e. The van der Waals surface area contributed by atoms with Gasteiger partial charge in [0.1, 0.15) is 0 Å². The van der Waals surface area contributed by atoms with Crippen LogP contribution in [0.5, 0.6) is 0 Å². The molecule has 0 aromatic carbocycles. The molecule has 3 fully saturated rings. The fraction of sp³-hybridized carbons (Fsp3) is 0.870. The zero-order chi connectivity index (χ0) is 19.2. The van der Waals surface area contributed by atoms with Gasteiger partial charge in [-0.25, -0.2) is 0 Å². The van der Waals surface area contributed by atoms with Crippen LogP contribution in [0, 0.1) is 28.6 Å². The van der Waals surface area contributed by atoms with E-state index in [2.05, 4.69) is 41.2 Å². The van der Waals surface area contributed by atoms with Crippen LogP contribution in [0.4, 0.5) is 0 Å². The van der Waals surface area contributed by atoms with Crippen LogP contribution in [0.2, 0.25) is 0 Å². The number of fused-ring (bicyclic) bond motifs is 5. The molecule has 1 aliphatic heterocycles. The number of likely N-dealkylation sites (N-methyl/N-ethyl adjacent to an activating group) is 1. The molecule has 0 spiro atoms. The molecule has 0 aromatic heterocycles. The van der Waals surface area contributed by atoms with E-state index in [0.29, 0.717) is 17.5 Å². The maximum atomic E-state index is 12.2. The standard InChI is InChI=1S/C23H37BrN2O/c1-22-12-10-18-16(17(22)7-8-19(22)25-15-5-4-14-24)6-9-20-23(18,2)13-11-21(27)26(20)3/h11,13,16-20,25H,4-10,12,14-15H2,1-3H3/t16-,17-,18+,19?,20?,22-,23+/m0/s1. The summed E-state index contributed by atoms with van der Waals surface area (Å²) in [4.78, 5) is 14.2. The van der Waals surface area contributed by atoms with E-state index in [4.69, 9.17) is 0 Å². The van der Waals surface area contributed by atoms with E-state index in [1.165, 1.54) is 57.9 Å². The molecule has 4 aliphatic rings. The fourth-order valence-electron chi connectivity index (χ4n) is 7.57. The van der Waals surface area contributed by atoms with Gasteiger partial charge in [0.05, 0.1) is 0 Å². The van der Waals surface area contributed by atoms with Gasteiger partial charge < -0.3 is 10.2 Å². The molecule has 3 saturated carbocycles. The van der Waals surface area contributed by atoms with Crippen molar-refractivity contribution < 1.29 is 4.79 Å². The molecule has 2 unspecified atom stereocenters. The molecule has 0 bridgehead atoms. The smallest absolute Gasteiger partial charge is 0.246 e. The Morgan fingerprint density at radius 1 is 1.15 bits per heavy atom. The van der Waals surface area contributed by atoms with Crippen LogP contribution in [-0.4, -0.2) is 41.8 Å². The summed E-state index contributed by atoms with van der Waals surface area (Å²) in [6.45, 7) is 6.20. The summed E-state index contributed by atoms with van der Waals surface area (Å²) in [6, 6.07) is 1.11. The minimum atomic E-state index is 0.175. The van der Waals surface area contributed by atoms with Crippen molar-refractivity contribution >= 4 is 21.8 Å². The Kier molecular flexibility index (Phi) is 5.52. The Bertz CT molecular complexity index is 607. The second kappa shape index (κ2) is 7.48. The largest absolute Gasteiger partial charge is 0.338 e. The highest BCUT2D eigenvalue weighted by atomic mass is 79.9. The van der Waals surface area contributed by atoms with Gasteiger partial charge in [-0.05, 0) is 87.2 Å². The number of unbranched alkanes of at least 4 members (excludes halogenated alkanes) is 1. The van der Waals surface area contributed by atoms with E-state index >= 15 is 0 Å². The number of alkyl halides is 1. The van der Waals surface area contributed by atoms with Crippen molar-refractivity contribution in [2.45, 2.75) is 77.3 Å². The maximum Gasteiger partial charge on any atom is 0.246 e. The van der Waals surface area contributed by atoms with Crippen molar-refractivity contribution in [3.8, 4) is 0 Å². The highest BCUT2D eigenvalue weighted by Gasteiger charge is 2.60. The van der Waals surface area contributed by atoms with Crippen LogP contribution < -0.4 is 5.32 Å². The average Bonchev–Trinajstić information content (AvgIpc) is 2.99. The molecule has 1 N–H and O–H groups in total. The fourth-order valence-corrected chi connectivity index (χ4v) is 7.97. The zero-order valence-corrected chi connectivity index (χ0v) is 18.9. The van der Waals surface area contributed by atoms with Crippen molar-refractivity contribution in [3.05, 3.63) is 12.2 Å². The number of carbonyl (C=O) groups excluding carboxylic acids is 1. The summed E-state index contributed by atoms with van der Waals surface area (Å²) >= 11 is 3.55. The van der Waals surface area contributed by atoms with Gasteiger partial charge in [0.15, 0.2) is 0 Å². The van der Waals surface area contributed by atoms with E-state index in [-0.39, 0.29) is 11.3 Å². The number of nitrogens with one attached hydrogen (secondary N) is 1. The molecule has 3 aliphatic carbocycles. The van der Waals surface area contributed by atoms with Gasteiger partial charge in [0.2, 0.25) is 5.91 Å². The number of carbonyl (C=O) groups is 1. The lowest BCUT2D eigenvalue weighted by molar-refractivity contribution is -0.138. The molecule has 4 heteroatoms. The van der Waals surface area contributed by atoms with Crippen LogP contribution in [-0.2, 0) is 4.79 Å². The average molecular weight is 437 g/mol. The zero-order valence-electron chi connectivity index (χ0n) is 17.3. The van der Waals surface area contributed by atoms with Gasteiger partial charge >= 0.3 is 0 Å². The summed E-state index contributed by atoms with van der Waals surface area (Å²) in [6.07, 6.45) is 14.6. The van der Waals surface area contributed by atoms with Crippen molar-refractivity contribution in [3.63, 3.8) is 0 Å². The molecular weight excluding hydrogens is 400 g/mol. The number of halogens is 1. The SMILES string of the molecule is CN1C(=O)C=C[C@@]2(C)C1CC[C@@H]1[C@H]2CC[C@]2(C)C(NCCCCBr)CC[C@@H]12. The van der Waals surface area contributed by atoms with Crippen molar-refractivity contribution in [2.75, 3.05) is 18.9 Å². The molecule has 3 nitrogen and oxygen atoms in total. The first-order valence-electron chi connectivity index (χ1n) is 11.2. The predicted octanol–water partition coefficient (Wildman–Crippen LogP) is 4.76. The van der Waals surface area contributed by atoms with E-state index in [1.54, 1.807) is 0 Å². The number of nitrogens with zero attached hydrogens (tertiary/aromatic N) is 1. The third-order valence-corrected chi connectivity index (χ3v) is 9.64. The lowest BCUT2D eigenvalue weighted by Gasteiger charge is -2.60. The van der Waals surface area contributed by atoms with E-state index in [1.807, 2.05) is 18.0 Å². The lowest BCUT2D eigenvalue weighted by Crippen LogP contribution is -2.60. The summed E-state index contributed by atoms with van der Waals surface area (Å²) in [5.41, 5.74) is 0.646. The topological polar surface area (TPSA) is 32.3 Å². The Balaban J connectivity index is 1.51. The second-order valence-electron chi connectivity index (χ2n) is 10.1. The molecule has 0 saturated heterocycles. The van der Waals surface area contributed by atoms with Crippen molar-refractivity contribution in [2.24, 2.45) is 28.6 Å². The summed E-state index contributed by atoms with van der Waals surface area (Å²) < 4.78 is 0. The number of hydrogen-bond donors (Lipinski definition) is 1.